The predicted octanol–water partition coefficient (Wildman–Crippen LogP) is 3.40. The zero-order valence-electron chi connectivity index (χ0n) is 14.3. The maximum atomic E-state index is 13.4. The Morgan fingerprint density at radius 2 is 1.96 bits per heavy atom. The average Bonchev–Trinajstić information content (AvgIpc) is 3.00. The molecule has 1 saturated heterocycles. The standard InChI is InChI=1S/C20H22N2O3/c1-12-10-15(14-7-3-4-8-16(14)21-12)19(23)22-17-9-5-2-6-13(17)11-18(22)20(24)25/h3-4,7-8,10,13,17-18H,2,5-6,9,11H2,1H3,(H,24,25). The molecule has 1 aliphatic heterocycles. The lowest BCUT2D eigenvalue weighted by Gasteiger charge is -2.33. The Hall–Kier alpha value is -2.43. The van der Waals surface area contributed by atoms with Gasteiger partial charge >= 0.3 is 5.97 Å². The highest BCUT2D eigenvalue weighted by atomic mass is 16.4. The van der Waals surface area contributed by atoms with Crippen LogP contribution >= 0.6 is 0 Å². The number of carbonyl (C=O) groups is 2. The van der Waals surface area contributed by atoms with Crippen molar-refractivity contribution in [1.82, 2.24) is 9.88 Å². The summed E-state index contributed by atoms with van der Waals surface area (Å²) in [4.78, 5) is 31.4. The van der Waals surface area contributed by atoms with Gasteiger partial charge in [-0.2, -0.15) is 0 Å². The zero-order valence-corrected chi connectivity index (χ0v) is 14.3. The molecule has 1 aromatic carbocycles. The maximum Gasteiger partial charge on any atom is 0.326 e. The van der Waals surface area contributed by atoms with Crippen molar-refractivity contribution in [3.63, 3.8) is 0 Å². The van der Waals surface area contributed by atoms with Gasteiger partial charge in [-0.3, -0.25) is 9.78 Å². The van der Waals surface area contributed by atoms with Gasteiger partial charge in [0.2, 0.25) is 0 Å². The molecular formula is C20H22N2O3. The Balaban J connectivity index is 1.80. The monoisotopic (exact) mass is 338 g/mol. The molecule has 130 valence electrons. The second-order valence-electron chi connectivity index (χ2n) is 7.24. The van der Waals surface area contributed by atoms with Crippen LogP contribution in [0.1, 0.15) is 48.2 Å². The van der Waals surface area contributed by atoms with Gasteiger partial charge in [0.15, 0.2) is 0 Å². The topological polar surface area (TPSA) is 70.5 Å². The number of benzene rings is 1. The molecule has 2 aromatic rings. The van der Waals surface area contributed by atoms with E-state index in [0.29, 0.717) is 17.9 Å². The Bertz CT molecular complexity index is 848. The zero-order chi connectivity index (χ0) is 17.6. The average molecular weight is 338 g/mol. The SMILES string of the molecule is Cc1cc(C(=O)N2C(C(=O)O)CC3CCCCC32)c2ccccc2n1. The number of fused-ring (bicyclic) bond motifs is 2. The number of amides is 1. The summed E-state index contributed by atoms with van der Waals surface area (Å²) in [6, 6.07) is 8.69. The second kappa shape index (κ2) is 6.14. The molecule has 2 heterocycles. The van der Waals surface area contributed by atoms with E-state index >= 15 is 0 Å². The summed E-state index contributed by atoms with van der Waals surface area (Å²) >= 11 is 0. The summed E-state index contributed by atoms with van der Waals surface area (Å²) in [5, 5.41) is 10.5. The van der Waals surface area contributed by atoms with Gasteiger partial charge < -0.3 is 10.0 Å². The lowest BCUT2D eigenvalue weighted by molar-refractivity contribution is -0.141. The highest BCUT2D eigenvalue weighted by molar-refractivity contribution is 6.07. The number of aliphatic carboxylic acids is 1. The smallest absolute Gasteiger partial charge is 0.326 e. The number of carboxylic acids is 1. The van der Waals surface area contributed by atoms with Crippen molar-refractivity contribution in [2.24, 2.45) is 5.92 Å². The highest BCUT2D eigenvalue weighted by Crippen LogP contribution is 2.41. The van der Waals surface area contributed by atoms with Crippen LogP contribution in [-0.4, -0.2) is 39.0 Å². The van der Waals surface area contributed by atoms with Crippen molar-refractivity contribution >= 4 is 22.8 Å². The molecule has 0 bridgehead atoms. The molecule has 1 amide bonds. The van der Waals surface area contributed by atoms with E-state index in [1.165, 1.54) is 0 Å². The summed E-state index contributed by atoms with van der Waals surface area (Å²) in [5.41, 5.74) is 2.12. The first-order valence-corrected chi connectivity index (χ1v) is 8.98. The number of carboxylic acid groups (broad SMARTS) is 1. The lowest BCUT2D eigenvalue weighted by Crippen LogP contribution is -2.46. The molecule has 25 heavy (non-hydrogen) atoms. The van der Waals surface area contributed by atoms with Gasteiger partial charge in [0, 0.05) is 17.1 Å². The van der Waals surface area contributed by atoms with E-state index < -0.39 is 12.0 Å². The number of nitrogens with zero attached hydrogens (tertiary/aromatic N) is 2. The minimum atomic E-state index is -0.891. The van der Waals surface area contributed by atoms with Gasteiger partial charge in [-0.25, -0.2) is 4.79 Å². The number of hydrogen-bond donors (Lipinski definition) is 1. The highest BCUT2D eigenvalue weighted by Gasteiger charge is 2.47. The molecule has 3 atom stereocenters. The molecule has 4 rings (SSSR count). The van der Waals surface area contributed by atoms with Crippen LogP contribution in [0.4, 0.5) is 0 Å². The van der Waals surface area contributed by atoms with Crippen LogP contribution in [0.2, 0.25) is 0 Å². The molecule has 3 unspecified atom stereocenters. The van der Waals surface area contributed by atoms with Crippen molar-refractivity contribution in [2.45, 2.75) is 51.1 Å². The third kappa shape index (κ3) is 2.68. The molecule has 5 heteroatoms. The number of aromatic nitrogens is 1. The second-order valence-corrected chi connectivity index (χ2v) is 7.24. The fourth-order valence-electron chi connectivity index (χ4n) is 4.60. The van der Waals surface area contributed by atoms with Crippen LogP contribution in [0.15, 0.2) is 30.3 Å². The van der Waals surface area contributed by atoms with Gasteiger partial charge in [-0.1, -0.05) is 31.0 Å². The third-order valence-corrected chi connectivity index (χ3v) is 5.68. The van der Waals surface area contributed by atoms with Gasteiger partial charge in [-0.05, 0) is 44.2 Å². The molecule has 2 fully saturated rings. The van der Waals surface area contributed by atoms with Crippen LogP contribution < -0.4 is 0 Å². The van der Waals surface area contributed by atoms with Crippen LogP contribution in [0.25, 0.3) is 10.9 Å². The van der Waals surface area contributed by atoms with E-state index in [2.05, 4.69) is 4.98 Å². The fourth-order valence-corrected chi connectivity index (χ4v) is 4.60. The van der Waals surface area contributed by atoms with Crippen molar-refractivity contribution in [1.29, 1.82) is 0 Å². The number of likely N-dealkylation sites (tertiary alicyclic amines) is 1. The van der Waals surface area contributed by atoms with E-state index in [1.54, 1.807) is 11.0 Å². The molecule has 1 saturated carbocycles. The molecule has 1 N–H and O–H groups in total. The van der Waals surface area contributed by atoms with Gasteiger partial charge in [-0.15, -0.1) is 0 Å². The number of hydrogen-bond acceptors (Lipinski definition) is 3. The number of carbonyl (C=O) groups excluding carboxylic acids is 1. The van der Waals surface area contributed by atoms with E-state index in [4.69, 9.17) is 0 Å². The summed E-state index contributed by atoms with van der Waals surface area (Å²) in [6.45, 7) is 1.87. The Labute approximate surface area is 146 Å². The maximum absolute atomic E-state index is 13.4. The minimum Gasteiger partial charge on any atom is -0.480 e. The van der Waals surface area contributed by atoms with Crippen molar-refractivity contribution in [3.05, 3.63) is 41.6 Å². The molecule has 5 nitrogen and oxygen atoms in total. The predicted molar refractivity (Wildman–Crippen MR) is 94.4 cm³/mol. The van der Waals surface area contributed by atoms with Crippen molar-refractivity contribution in [3.8, 4) is 0 Å². The minimum absolute atomic E-state index is 0.0505. The number of pyridine rings is 1. The fraction of sp³-hybridized carbons (Fsp3) is 0.450. The van der Waals surface area contributed by atoms with Crippen molar-refractivity contribution < 1.29 is 14.7 Å². The van der Waals surface area contributed by atoms with E-state index in [0.717, 1.165) is 42.3 Å². The van der Waals surface area contributed by atoms with Gasteiger partial charge in [0.1, 0.15) is 6.04 Å². The van der Waals surface area contributed by atoms with Crippen LogP contribution in [0.3, 0.4) is 0 Å². The number of aryl methyl sites for hydroxylation is 1. The number of rotatable bonds is 2. The normalized spacial score (nSPS) is 25.8. The molecule has 1 aliphatic carbocycles. The molecule has 0 radical (unpaired) electrons. The first-order chi connectivity index (χ1) is 12.1. The summed E-state index contributed by atoms with van der Waals surface area (Å²) in [5.74, 6) is -0.741. The summed E-state index contributed by atoms with van der Waals surface area (Å²) < 4.78 is 0. The Kier molecular flexibility index (Phi) is 3.94. The lowest BCUT2D eigenvalue weighted by atomic mass is 9.84. The quantitative estimate of drug-likeness (QED) is 0.911. The Morgan fingerprint density at radius 1 is 1.20 bits per heavy atom. The van der Waals surface area contributed by atoms with Crippen LogP contribution in [0, 0.1) is 12.8 Å². The van der Waals surface area contributed by atoms with Gasteiger partial charge in [0.05, 0.1) is 11.1 Å². The van der Waals surface area contributed by atoms with E-state index in [-0.39, 0.29) is 11.9 Å². The summed E-state index contributed by atoms with van der Waals surface area (Å²) in [6.07, 6.45) is 4.70. The van der Waals surface area contributed by atoms with E-state index in [1.807, 2.05) is 31.2 Å². The first-order valence-electron chi connectivity index (χ1n) is 8.98. The van der Waals surface area contributed by atoms with Gasteiger partial charge in [0.25, 0.3) is 5.91 Å². The summed E-state index contributed by atoms with van der Waals surface area (Å²) in [7, 11) is 0. The molecule has 0 spiro atoms. The molecule has 1 aromatic heterocycles. The first kappa shape index (κ1) is 16.1. The molecular weight excluding hydrogens is 316 g/mol. The van der Waals surface area contributed by atoms with E-state index in [9.17, 15) is 14.7 Å². The van der Waals surface area contributed by atoms with Crippen molar-refractivity contribution in [2.75, 3.05) is 0 Å². The number of para-hydroxylation sites is 1. The Morgan fingerprint density at radius 3 is 2.76 bits per heavy atom. The molecule has 2 aliphatic rings. The largest absolute Gasteiger partial charge is 0.480 e. The third-order valence-electron chi connectivity index (χ3n) is 5.68. The van der Waals surface area contributed by atoms with Crippen LogP contribution in [0.5, 0.6) is 0 Å². The van der Waals surface area contributed by atoms with Crippen LogP contribution in [-0.2, 0) is 4.79 Å².